The van der Waals surface area contributed by atoms with Crippen LogP contribution < -0.4 is 0 Å². The summed E-state index contributed by atoms with van der Waals surface area (Å²) in [6.45, 7) is 7.10. The molecule has 0 bridgehead atoms. The van der Waals surface area contributed by atoms with Gasteiger partial charge in [-0.3, -0.25) is 4.79 Å². The molecular weight excluding hydrogens is 214 g/mol. The zero-order valence-corrected chi connectivity index (χ0v) is 11.6. The Kier molecular flexibility index (Phi) is 6.75. The summed E-state index contributed by atoms with van der Waals surface area (Å²) >= 11 is 0. The molecule has 1 saturated carbocycles. The number of hydrogen-bond acceptors (Lipinski definition) is 3. The number of likely N-dealkylation sites (N-methyl/N-ethyl adjacent to an activating group) is 1. The molecule has 0 aromatic rings. The maximum Gasteiger partial charge on any atom is 0.133 e. The molecule has 0 N–H and O–H groups in total. The largest absolute Gasteiger partial charge is 0.380 e. The van der Waals surface area contributed by atoms with Crippen molar-refractivity contribution in [2.75, 3.05) is 26.8 Å². The van der Waals surface area contributed by atoms with E-state index < -0.39 is 0 Å². The van der Waals surface area contributed by atoms with E-state index in [0.717, 1.165) is 57.8 Å². The van der Waals surface area contributed by atoms with Crippen molar-refractivity contribution < 1.29 is 9.53 Å². The van der Waals surface area contributed by atoms with Crippen molar-refractivity contribution in [2.24, 2.45) is 5.92 Å². The molecule has 1 aliphatic carbocycles. The van der Waals surface area contributed by atoms with E-state index in [2.05, 4.69) is 25.8 Å². The van der Waals surface area contributed by atoms with E-state index in [1.54, 1.807) is 0 Å². The summed E-state index contributed by atoms with van der Waals surface area (Å²) in [6.07, 6.45) is 4.73. The van der Waals surface area contributed by atoms with Crippen molar-refractivity contribution in [3.8, 4) is 0 Å². The molecule has 0 heterocycles. The summed E-state index contributed by atoms with van der Waals surface area (Å²) in [7, 11) is 2.15. The lowest BCUT2D eigenvalue weighted by atomic mass is 9.93. The van der Waals surface area contributed by atoms with Crippen LogP contribution in [-0.2, 0) is 9.53 Å². The van der Waals surface area contributed by atoms with Crippen molar-refractivity contribution in [3.05, 3.63) is 0 Å². The van der Waals surface area contributed by atoms with Crippen LogP contribution in [0.25, 0.3) is 0 Å². The highest BCUT2D eigenvalue weighted by Crippen LogP contribution is 2.19. The van der Waals surface area contributed by atoms with Gasteiger partial charge in [0.25, 0.3) is 0 Å². The molecule has 17 heavy (non-hydrogen) atoms. The Bertz CT molecular complexity index is 218. The van der Waals surface area contributed by atoms with Crippen LogP contribution in [-0.4, -0.2) is 43.5 Å². The lowest BCUT2D eigenvalue weighted by molar-refractivity contribution is -0.121. The summed E-state index contributed by atoms with van der Waals surface area (Å²) in [4.78, 5) is 13.5. The summed E-state index contributed by atoms with van der Waals surface area (Å²) in [5.74, 6) is 1.15. The van der Waals surface area contributed by atoms with Gasteiger partial charge in [-0.1, -0.05) is 13.8 Å². The number of carbonyl (C=O) groups is 1. The van der Waals surface area contributed by atoms with E-state index in [4.69, 9.17) is 4.74 Å². The van der Waals surface area contributed by atoms with Gasteiger partial charge in [0, 0.05) is 32.0 Å². The van der Waals surface area contributed by atoms with Gasteiger partial charge in [-0.25, -0.2) is 0 Å². The summed E-state index contributed by atoms with van der Waals surface area (Å²) in [6, 6.07) is 0.585. The number of ketones is 1. The molecule has 0 radical (unpaired) electrons. The van der Waals surface area contributed by atoms with Crippen LogP contribution in [0.3, 0.4) is 0 Å². The molecular formula is C14H27NO2. The van der Waals surface area contributed by atoms with E-state index >= 15 is 0 Å². The first kappa shape index (κ1) is 14.7. The van der Waals surface area contributed by atoms with Gasteiger partial charge in [0.2, 0.25) is 0 Å². The van der Waals surface area contributed by atoms with E-state index in [0.29, 0.717) is 11.8 Å². The zero-order chi connectivity index (χ0) is 12.7. The fourth-order valence-electron chi connectivity index (χ4n) is 2.18. The molecule has 0 atom stereocenters. The van der Waals surface area contributed by atoms with E-state index in [1.165, 1.54) is 0 Å². The van der Waals surface area contributed by atoms with Gasteiger partial charge in [-0.15, -0.1) is 0 Å². The Morgan fingerprint density at radius 3 is 2.53 bits per heavy atom. The third-order valence-electron chi connectivity index (χ3n) is 3.56. The van der Waals surface area contributed by atoms with Gasteiger partial charge in [-0.05, 0) is 32.2 Å². The zero-order valence-electron chi connectivity index (χ0n) is 11.6. The Balaban J connectivity index is 2.04. The molecule has 0 amide bonds. The van der Waals surface area contributed by atoms with E-state index in [9.17, 15) is 4.79 Å². The number of Topliss-reactive ketones (excluding diaryl/α,β-unsaturated/α-hetero) is 1. The first-order chi connectivity index (χ1) is 8.09. The second-order valence-electron chi connectivity index (χ2n) is 5.55. The highest BCUT2D eigenvalue weighted by Gasteiger charge is 2.21. The van der Waals surface area contributed by atoms with Gasteiger partial charge >= 0.3 is 0 Å². The van der Waals surface area contributed by atoms with Crippen molar-refractivity contribution in [1.82, 2.24) is 4.90 Å². The summed E-state index contributed by atoms with van der Waals surface area (Å²) in [5, 5.41) is 0. The molecule has 1 aliphatic rings. The van der Waals surface area contributed by atoms with Crippen molar-refractivity contribution in [1.29, 1.82) is 0 Å². The average molecular weight is 241 g/mol. The minimum atomic E-state index is 0.433. The first-order valence-electron chi connectivity index (χ1n) is 6.89. The Labute approximate surface area is 106 Å². The lowest BCUT2D eigenvalue weighted by Crippen LogP contribution is -2.37. The smallest absolute Gasteiger partial charge is 0.133 e. The SMILES string of the molecule is CC(C)CCOCCN(C)C1CCC(=O)CC1. The number of carbonyl (C=O) groups excluding carboxylic acids is 1. The monoisotopic (exact) mass is 241 g/mol. The molecule has 1 rings (SSSR count). The Morgan fingerprint density at radius 1 is 1.29 bits per heavy atom. The Hall–Kier alpha value is -0.410. The third-order valence-corrected chi connectivity index (χ3v) is 3.56. The predicted molar refractivity (Wildman–Crippen MR) is 70.2 cm³/mol. The maximum absolute atomic E-state index is 11.2. The van der Waals surface area contributed by atoms with Crippen LogP contribution in [0.2, 0.25) is 0 Å². The molecule has 0 aromatic carbocycles. The topological polar surface area (TPSA) is 29.5 Å². The third kappa shape index (κ3) is 6.18. The average Bonchev–Trinajstić information content (AvgIpc) is 2.29. The van der Waals surface area contributed by atoms with Crippen molar-refractivity contribution >= 4 is 5.78 Å². The van der Waals surface area contributed by atoms with E-state index in [-0.39, 0.29) is 0 Å². The van der Waals surface area contributed by atoms with Gasteiger partial charge in [0.15, 0.2) is 0 Å². The van der Waals surface area contributed by atoms with Crippen molar-refractivity contribution in [3.63, 3.8) is 0 Å². The lowest BCUT2D eigenvalue weighted by Gasteiger charge is -2.30. The van der Waals surface area contributed by atoms with Crippen LogP contribution in [0.15, 0.2) is 0 Å². The van der Waals surface area contributed by atoms with Crippen LogP contribution in [0, 0.1) is 5.92 Å². The van der Waals surface area contributed by atoms with E-state index in [1.807, 2.05) is 0 Å². The Morgan fingerprint density at radius 2 is 1.94 bits per heavy atom. The number of rotatable bonds is 7. The molecule has 0 aromatic heterocycles. The number of nitrogens with zero attached hydrogens (tertiary/aromatic N) is 1. The van der Waals surface area contributed by atoms with Crippen LogP contribution in [0.5, 0.6) is 0 Å². The summed E-state index contributed by atoms with van der Waals surface area (Å²) in [5.41, 5.74) is 0. The molecule has 3 nitrogen and oxygen atoms in total. The maximum atomic E-state index is 11.2. The molecule has 0 saturated heterocycles. The highest BCUT2D eigenvalue weighted by molar-refractivity contribution is 5.79. The minimum absolute atomic E-state index is 0.433. The van der Waals surface area contributed by atoms with Crippen LogP contribution in [0.1, 0.15) is 46.0 Å². The second kappa shape index (κ2) is 7.83. The standard InChI is InChI=1S/C14H27NO2/c1-12(2)8-10-17-11-9-15(3)13-4-6-14(16)7-5-13/h12-13H,4-11H2,1-3H3. The fourth-order valence-corrected chi connectivity index (χ4v) is 2.18. The highest BCUT2D eigenvalue weighted by atomic mass is 16.5. The van der Waals surface area contributed by atoms with Gasteiger partial charge in [0.05, 0.1) is 6.61 Å². The number of ether oxygens (including phenoxy) is 1. The van der Waals surface area contributed by atoms with Crippen LogP contribution in [0.4, 0.5) is 0 Å². The van der Waals surface area contributed by atoms with Gasteiger partial charge in [0.1, 0.15) is 5.78 Å². The summed E-state index contributed by atoms with van der Waals surface area (Å²) < 4.78 is 5.62. The molecule has 3 heteroatoms. The molecule has 0 aliphatic heterocycles. The minimum Gasteiger partial charge on any atom is -0.380 e. The molecule has 0 spiro atoms. The first-order valence-corrected chi connectivity index (χ1v) is 6.89. The van der Waals surface area contributed by atoms with Gasteiger partial charge < -0.3 is 9.64 Å². The normalized spacial score (nSPS) is 18.3. The molecule has 1 fully saturated rings. The molecule has 0 unspecified atom stereocenters. The predicted octanol–water partition coefficient (Wildman–Crippen LogP) is 2.49. The number of hydrogen-bond donors (Lipinski definition) is 0. The van der Waals surface area contributed by atoms with Crippen LogP contribution >= 0.6 is 0 Å². The fraction of sp³-hybridized carbons (Fsp3) is 0.929. The second-order valence-corrected chi connectivity index (χ2v) is 5.55. The quantitative estimate of drug-likeness (QED) is 0.641. The van der Waals surface area contributed by atoms with Crippen molar-refractivity contribution in [2.45, 2.75) is 52.0 Å². The molecule has 100 valence electrons. The van der Waals surface area contributed by atoms with Gasteiger partial charge in [-0.2, -0.15) is 0 Å².